The summed E-state index contributed by atoms with van der Waals surface area (Å²) in [7, 11) is 0. The van der Waals surface area contributed by atoms with Crippen molar-refractivity contribution in [2.75, 3.05) is 6.54 Å². The lowest BCUT2D eigenvalue weighted by Crippen LogP contribution is -2.25. The van der Waals surface area contributed by atoms with Gasteiger partial charge in [0.15, 0.2) is 5.78 Å². The van der Waals surface area contributed by atoms with Gasteiger partial charge in [-0.15, -0.1) is 0 Å². The van der Waals surface area contributed by atoms with E-state index in [4.69, 9.17) is 5.73 Å². The van der Waals surface area contributed by atoms with E-state index in [9.17, 15) is 4.79 Å². The van der Waals surface area contributed by atoms with Gasteiger partial charge < -0.3 is 5.73 Å². The molecule has 1 aromatic rings. The lowest BCUT2D eigenvalue weighted by atomic mass is 9.78. The molecule has 0 unspecified atom stereocenters. The van der Waals surface area contributed by atoms with E-state index in [0.29, 0.717) is 17.6 Å². The van der Waals surface area contributed by atoms with Gasteiger partial charge in [-0.25, -0.2) is 0 Å². The predicted molar refractivity (Wildman–Crippen MR) is 83.8 cm³/mol. The summed E-state index contributed by atoms with van der Waals surface area (Å²) in [6, 6.07) is 8.22. The summed E-state index contributed by atoms with van der Waals surface area (Å²) in [5, 5.41) is 0. The fraction of sp³-hybridized carbons (Fsp3) is 0.611. The molecule has 0 spiro atoms. The van der Waals surface area contributed by atoms with E-state index in [0.717, 1.165) is 44.2 Å². The smallest absolute Gasteiger partial charge is 0.165 e. The average Bonchev–Trinajstić information content (AvgIpc) is 2.46. The third-order valence-corrected chi connectivity index (χ3v) is 4.41. The molecular formula is C18H27NO. The van der Waals surface area contributed by atoms with Crippen LogP contribution in [0.15, 0.2) is 24.3 Å². The van der Waals surface area contributed by atoms with Gasteiger partial charge in [0, 0.05) is 11.5 Å². The lowest BCUT2D eigenvalue weighted by molar-refractivity contribution is 0.0873. The Morgan fingerprint density at radius 2 is 1.95 bits per heavy atom. The molecule has 2 rings (SSSR count). The van der Waals surface area contributed by atoms with Crippen LogP contribution in [0.3, 0.4) is 0 Å². The summed E-state index contributed by atoms with van der Waals surface area (Å²) in [5.74, 6) is 1.81. The van der Waals surface area contributed by atoms with E-state index < -0.39 is 0 Å². The first-order valence-electron chi connectivity index (χ1n) is 7.93. The second-order valence-electron chi connectivity index (χ2n) is 6.62. The largest absolute Gasteiger partial charge is 0.330 e. The van der Waals surface area contributed by atoms with Gasteiger partial charge in [-0.1, -0.05) is 32.0 Å². The first-order chi connectivity index (χ1) is 9.60. The Balaban J connectivity index is 2.02. The highest BCUT2D eigenvalue weighted by Crippen LogP contribution is 2.30. The SMILES string of the molecule is CC(C)Cc1cccc(C(=O)C2CCC(CN)CC2)c1. The summed E-state index contributed by atoms with van der Waals surface area (Å²) in [5.41, 5.74) is 7.90. The van der Waals surface area contributed by atoms with Gasteiger partial charge in [0.2, 0.25) is 0 Å². The Kier molecular flexibility index (Phi) is 5.36. The molecule has 0 aliphatic heterocycles. The van der Waals surface area contributed by atoms with Crippen LogP contribution in [0.2, 0.25) is 0 Å². The topological polar surface area (TPSA) is 43.1 Å². The maximum atomic E-state index is 12.6. The molecule has 2 heteroatoms. The van der Waals surface area contributed by atoms with Crippen LogP contribution in [-0.4, -0.2) is 12.3 Å². The number of hydrogen-bond donors (Lipinski definition) is 1. The minimum absolute atomic E-state index is 0.215. The van der Waals surface area contributed by atoms with Gasteiger partial charge in [-0.3, -0.25) is 4.79 Å². The molecule has 2 nitrogen and oxygen atoms in total. The highest BCUT2D eigenvalue weighted by atomic mass is 16.1. The van der Waals surface area contributed by atoms with E-state index in [1.165, 1.54) is 5.56 Å². The van der Waals surface area contributed by atoms with Crippen molar-refractivity contribution in [1.29, 1.82) is 0 Å². The standard InChI is InChI=1S/C18H27NO/c1-13(2)10-15-4-3-5-17(11-15)18(20)16-8-6-14(12-19)7-9-16/h3-5,11,13-14,16H,6-10,12,19H2,1-2H3. The number of carbonyl (C=O) groups excluding carboxylic acids is 1. The minimum Gasteiger partial charge on any atom is -0.330 e. The molecule has 0 amide bonds. The normalized spacial score (nSPS) is 23.0. The summed E-state index contributed by atoms with van der Waals surface area (Å²) >= 11 is 0. The third-order valence-electron chi connectivity index (χ3n) is 4.41. The van der Waals surface area contributed by atoms with Crippen LogP contribution in [-0.2, 0) is 6.42 Å². The zero-order valence-electron chi connectivity index (χ0n) is 12.8. The Hall–Kier alpha value is -1.15. The first-order valence-corrected chi connectivity index (χ1v) is 7.93. The fourth-order valence-electron chi connectivity index (χ4n) is 3.22. The predicted octanol–water partition coefficient (Wildman–Crippen LogP) is 3.83. The van der Waals surface area contributed by atoms with Gasteiger partial charge in [-0.2, -0.15) is 0 Å². The molecule has 2 N–H and O–H groups in total. The van der Waals surface area contributed by atoms with Gasteiger partial charge in [0.1, 0.15) is 0 Å². The summed E-state index contributed by atoms with van der Waals surface area (Å²) in [6.07, 6.45) is 5.28. The molecule has 1 fully saturated rings. The van der Waals surface area contributed by atoms with Crippen molar-refractivity contribution < 1.29 is 4.79 Å². The highest BCUT2D eigenvalue weighted by Gasteiger charge is 2.26. The Bertz CT molecular complexity index is 444. The number of rotatable bonds is 5. The molecular weight excluding hydrogens is 246 g/mol. The molecule has 0 radical (unpaired) electrons. The minimum atomic E-state index is 0.215. The first kappa shape index (κ1) is 15.2. The number of Topliss-reactive ketones (excluding diaryl/α,β-unsaturated/α-hetero) is 1. The van der Waals surface area contributed by atoms with Crippen molar-refractivity contribution in [2.24, 2.45) is 23.5 Å². The fourth-order valence-corrected chi connectivity index (χ4v) is 3.22. The molecule has 1 aromatic carbocycles. The number of ketones is 1. The zero-order valence-corrected chi connectivity index (χ0v) is 12.8. The molecule has 1 saturated carbocycles. The molecule has 20 heavy (non-hydrogen) atoms. The Labute approximate surface area is 122 Å². The number of nitrogens with two attached hydrogens (primary N) is 1. The van der Waals surface area contributed by atoms with Crippen LogP contribution >= 0.6 is 0 Å². The van der Waals surface area contributed by atoms with Gasteiger partial charge in [0.05, 0.1) is 0 Å². The number of hydrogen-bond acceptors (Lipinski definition) is 2. The van der Waals surface area contributed by atoms with Crippen LogP contribution in [0.5, 0.6) is 0 Å². The molecule has 1 aliphatic carbocycles. The van der Waals surface area contributed by atoms with Gasteiger partial charge in [0.25, 0.3) is 0 Å². The summed E-state index contributed by atoms with van der Waals surface area (Å²) in [4.78, 5) is 12.6. The van der Waals surface area contributed by atoms with E-state index in [1.54, 1.807) is 0 Å². The van der Waals surface area contributed by atoms with Crippen molar-refractivity contribution in [3.05, 3.63) is 35.4 Å². The van der Waals surface area contributed by atoms with Gasteiger partial charge >= 0.3 is 0 Å². The Morgan fingerprint density at radius 1 is 1.25 bits per heavy atom. The van der Waals surface area contributed by atoms with Crippen molar-refractivity contribution in [3.8, 4) is 0 Å². The highest BCUT2D eigenvalue weighted by molar-refractivity contribution is 5.98. The lowest BCUT2D eigenvalue weighted by Gasteiger charge is -2.26. The second-order valence-corrected chi connectivity index (χ2v) is 6.62. The average molecular weight is 273 g/mol. The molecule has 0 saturated heterocycles. The van der Waals surface area contributed by atoms with E-state index in [-0.39, 0.29) is 5.92 Å². The van der Waals surface area contributed by atoms with E-state index in [1.807, 2.05) is 12.1 Å². The van der Waals surface area contributed by atoms with Crippen molar-refractivity contribution in [3.63, 3.8) is 0 Å². The van der Waals surface area contributed by atoms with Crippen molar-refractivity contribution in [1.82, 2.24) is 0 Å². The third kappa shape index (κ3) is 3.92. The van der Waals surface area contributed by atoms with Crippen LogP contribution in [0.1, 0.15) is 55.5 Å². The van der Waals surface area contributed by atoms with E-state index in [2.05, 4.69) is 26.0 Å². The maximum Gasteiger partial charge on any atom is 0.165 e. The second kappa shape index (κ2) is 7.03. The van der Waals surface area contributed by atoms with Crippen LogP contribution < -0.4 is 5.73 Å². The summed E-state index contributed by atoms with van der Waals surface area (Å²) in [6.45, 7) is 5.19. The molecule has 0 aromatic heterocycles. The number of benzene rings is 1. The van der Waals surface area contributed by atoms with Crippen LogP contribution in [0.4, 0.5) is 0 Å². The molecule has 0 bridgehead atoms. The molecule has 110 valence electrons. The van der Waals surface area contributed by atoms with Crippen LogP contribution in [0, 0.1) is 17.8 Å². The molecule has 1 aliphatic rings. The monoisotopic (exact) mass is 273 g/mol. The van der Waals surface area contributed by atoms with Crippen molar-refractivity contribution in [2.45, 2.75) is 46.0 Å². The van der Waals surface area contributed by atoms with E-state index >= 15 is 0 Å². The zero-order chi connectivity index (χ0) is 14.5. The molecule has 0 heterocycles. The molecule has 0 atom stereocenters. The van der Waals surface area contributed by atoms with Crippen LogP contribution in [0.25, 0.3) is 0 Å². The summed E-state index contributed by atoms with van der Waals surface area (Å²) < 4.78 is 0. The van der Waals surface area contributed by atoms with Crippen molar-refractivity contribution >= 4 is 5.78 Å². The number of carbonyl (C=O) groups is 1. The Morgan fingerprint density at radius 3 is 2.55 bits per heavy atom. The quantitative estimate of drug-likeness (QED) is 0.828. The van der Waals surface area contributed by atoms with Gasteiger partial charge in [-0.05, 0) is 62.1 Å². The maximum absolute atomic E-state index is 12.6.